The van der Waals surface area contributed by atoms with E-state index >= 15 is 0 Å². The molecule has 0 radical (unpaired) electrons. The average Bonchev–Trinajstić information content (AvgIpc) is 2.34. The van der Waals surface area contributed by atoms with E-state index in [2.05, 4.69) is 5.32 Å². The van der Waals surface area contributed by atoms with E-state index in [9.17, 15) is 9.90 Å². The van der Waals surface area contributed by atoms with Crippen LogP contribution in [-0.4, -0.2) is 36.4 Å². The standard InChI is InChI=1S/C14H27NO3/c1-2-18-11-7-6-10-15-13(16)12-14(17)8-4-3-5-9-14/h17H,2-12H2,1H3,(H,15,16). The number of ether oxygens (including phenoxy) is 1. The molecule has 1 fully saturated rings. The Balaban J connectivity index is 2.06. The van der Waals surface area contributed by atoms with Gasteiger partial charge in [-0.3, -0.25) is 4.79 Å². The molecule has 1 saturated carbocycles. The number of hydrogen-bond acceptors (Lipinski definition) is 3. The first-order chi connectivity index (χ1) is 8.66. The van der Waals surface area contributed by atoms with E-state index in [0.717, 1.165) is 51.7 Å². The largest absolute Gasteiger partial charge is 0.389 e. The zero-order chi connectivity index (χ0) is 13.3. The number of nitrogens with one attached hydrogen (secondary N) is 1. The molecule has 0 aromatic rings. The van der Waals surface area contributed by atoms with Gasteiger partial charge in [-0.05, 0) is 32.6 Å². The summed E-state index contributed by atoms with van der Waals surface area (Å²) in [6.07, 6.45) is 6.97. The number of carbonyl (C=O) groups is 1. The number of hydrogen-bond donors (Lipinski definition) is 2. The van der Waals surface area contributed by atoms with E-state index in [1.807, 2.05) is 6.92 Å². The van der Waals surface area contributed by atoms with Gasteiger partial charge >= 0.3 is 0 Å². The molecule has 1 aliphatic carbocycles. The van der Waals surface area contributed by atoms with E-state index < -0.39 is 5.60 Å². The van der Waals surface area contributed by atoms with Gasteiger partial charge in [0.1, 0.15) is 0 Å². The Labute approximate surface area is 110 Å². The molecule has 4 heteroatoms. The minimum absolute atomic E-state index is 0.0178. The highest BCUT2D eigenvalue weighted by Crippen LogP contribution is 2.30. The molecule has 0 aliphatic heterocycles. The van der Waals surface area contributed by atoms with Gasteiger partial charge in [0.15, 0.2) is 0 Å². The molecule has 2 N–H and O–H groups in total. The van der Waals surface area contributed by atoms with Gasteiger partial charge < -0.3 is 15.2 Å². The van der Waals surface area contributed by atoms with Crippen LogP contribution in [0.3, 0.4) is 0 Å². The normalized spacial score (nSPS) is 18.6. The third kappa shape index (κ3) is 6.36. The lowest BCUT2D eigenvalue weighted by atomic mass is 9.82. The second kappa shape index (κ2) is 8.48. The molecule has 0 bridgehead atoms. The van der Waals surface area contributed by atoms with Crippen LogP contribution in [0.4, 0.5) is 0 Å². The van der Waals surface area contributed by atoms with Crippen molar-refractivity contribution in [1.29, 1.82) is 0 Å². The first-order valence-corrected chi connectivity index (χ1v) is 7.23. The Hall–Kier alpha value is -0.610. The summed E-state index contributed by atoms with van der Waals surface area (Å²) in [7, 11) is 0. The summed E-state index contributed by atoms with van der Waals surface area (Å²) in [5, 5.41) is 13.1. The van der Waals surface area contributed by atoms with Crippen molar-refractivity contribution in [2.45, 2.75) is 63.9 Å². The van der Waals surface area contributed by atoms with Crippen LogP contribution < -0.4 is 5.32 Å². The zero-order valence-electron chi connectivity index (χ0n) is 11.5. The first kappa shape index (κ1) is 15.4. The summed E-state index contributed by atoms with van der Waals surface area (Å²) >= 11 is 0. The predicted molar refractivity (Wildman–Crippen MR) is 71.4 cm³/mol. The van der Waals surface area contributed by atoms with E-state index in [1.54, 1.807) is 0 Å². The van der Waals surface area contributed by atoms with Gasteiger partial charge in [-0.15, -0.1) is 0 Å². The van der Waals surface area contributed by atoms with Gasteiger partial charge in [0.05, 0.1) is 12.0 Å². The topological polar surface area (TPSA) is 58.6 Å². The highest BCUT2D eigenvalue weighted by molar-refractivity contribution is 5.76. The van der Waals surface area contributed by atoms with Gasteiger partial charge in [0, 0.05) is 19.8 Å². The molecule has 1 rings (SSSR count). The molecule has 0 aromatic heterocycles. The lowest BCUT2D eigenvalue weighted by molar-refractivity contribution is -0.127. The Kier molecular flexibility index (Phi) is 7.28. The van der Waals surface area contributed by atoms with Crippen LogP contribution in [0.5, 0.6) is 0 Å². The fourth-order valence-electron chi connectivity index (χ4n) is 2.45. The zero-order valence-corrected chi connectivity index (χ0v) is 11.5. The van der Waals surface area contributed by atoms with E-state index in [0.29, 0.717) is 6.54 Å². The molecular formula is C14H27NO3. The lowest BCUT2D eigenvalue weighted by Gasteiger charge is -2.31. The van der Waals surface area contributed by atoms with E-state index in [1.165, 1.54) is 6.42 Å². The average molecular weight is 257 g/mol. The number of amides is 1. The van der Waals surface area contributed by atoms with Crippen molar-refractivity contribution in [3.63, 3.8) is 0 Å². The molecule has 0 saturated heterocycles. The lowest BCUT2D eigenvalue weighted by Crippen LogP contribution is -2.38. The van der Waals surface area contributed by atoms with Gasteiger partial charge in [0.25, 0.3) is 0 Å². The number of carbonyl (C=O) groups excluding carboxylic acids is 1. The summed E-state index contributed by atoms with van der Waals surface area (Å²) in [4.78, 5) is 11.7. The highest BCUT2D eigenvalue weighted by Gasteiger charge is 2.31. The van der Waals surface area contributed by atoms with Crippen molar-refractivity contribution in [2.75, 3.05) is 19.8 Å². The fraction of sp³-hybridized carbons (Fsp3) is 0.929. The second-order valence-corrected chi connectivity index (χ2v) is 5.22. The van der Waals surface area contributed by atoms with Crippen molar-refractivity contribution < 1.29 is 14.6 Å². The molecule has 4 nitrogen and oxygen atoms in total. The van der Waals surface area contributed by atoms with Crippen molar-refractivity contribution in [2.24, 2.45) is 0 Å². The van der Waals surface area contributed by atoms with Gasteiger partial charge in [-0.1, -0.05) is 19.3 Å². The van der Waals surface area contributed by atoms with Crippen LogP contribution in [0.2, 0.25) is 0 Å². The molecule has 0 atom stereocenters. The highest BCUT2D eigenvalue weighted by atomic mass is 16.5. The van der Waals surface area contributed by atoms with Crippen LogP contribution in [0.1, 0.15) is 58.3 Å². The smallest absolute Gasteiger partial charge is 0.222 e. The quantitative estimate of drug-likeness (QED) is 0.654. The Morgan fingerprint density at radius 1 is 1.28 bits per heavy atom. The molecule has 106 valence electrons. The molecule has 0 aromatic carbocycles. The van der Waals surface area contributed by atoms with Crippen LogP contribution in [0, 0.1) is 0 Å². The van der Waals surface area contributed by atoms with Crippen LogP contribution in [0.25, 0.3) is 0 Å². The summed E-state index contributed by atoms with van der Waals surface area (Å²) in [5.74, 6) is -0.0178. The summed E-state index contributed by atoms with van der Waals surface area (Å²) < 4.78 is 5.23. The molecule has 0 unspecified atom stereocenters. The SMILES string of the molecule is CCOCCCCNC(=O)CC1(O)CCCCC1. The van der Waals surface area contributed by atoms with Crippen LogP contribution in [-0.2, 0) is 9.53 Å². The molecule has 18 heavy (non-hydrogen) atoms. The van der Waals surface area contributed by atoms with E-state index in [4.69, 9.17) is 4.74 Å². The minimum atomic E-state index is -0.742. The Morgan fingerprint density at radius 3 is 2.67 bits per heavy atom. The Morgan fingerprint density at radius 2 is 2.00 bits per heavy atom. The van der Waals surface area contributed by atoms with Gasteiger partial charge in [0.2, 0.25) is 5.91 Å². The monoisotopic (exact) mass is 257 g/mol. The van der Waals surface area contributed by atoms with Gasteiger partial charge in [-0.25, -0.2) is 0 Å². The number of unbranched alkanes of at least 4 members (excludes halogenated alkanes) is 1. The first-order valence-electron chi connectivity index (χ1n) is 7.23. The van der Waals surface area contributed by atoms with Crippen molar-refractivity contribution in [3.05, 3.63) is 0 Å². The molecular weight excluding hydrogens is 230 g/mol. The molecule has 1 aliphatic rings. The maximum absolute atomic E-state index is 11.7. The molecule has 0 heterocycles. The maximum Gasteiger partial charge on any atom is 0.222 e. The summed E-state index contributed by atoms with van der Waals surface area (Å²) in [6.45, 7) is 4.17. The number of aliphatic hydroxyl groups is 1. The third-order valence-corrected chi connectivity index (χ3v) is 3.52. The maximum atomic E-state index is 11.7. The summed E-state index contributed by atoms with van der Waals surface area (Å²) in [5.41, 5.74) is -0.742. The van der Waals surface area contributed by atoms with Crippen molar-refractivity contribution in [3.8, 4) is 0 Å². The number of rotatable bonds is 8. The second-order valence-electron chi connectivity index (χ2n) is 5.22. The minimum Gasteiger partial charge on any atom is -0.389 e. The molecule has 1 amide bonds. The molecule has 0 spiro atoms. The Bertz CT molecular complexity index is 237. The van der Waals surface area contributed by atoms with E-state index in [-0.39, 0.29) is 12.3 Å². The summed E-state index contributed by atoms with van der Waals surface area (Å²) in [6, 6.07) is 0. The van der Waals surface area contributed by atoms with Crippen molar-refractivity contribution in [1.82, 2.24) is 5.32 Å². The fourth-order valence-corrected chi connectivity index (χ4v) is 2.45. The van der Waals surface area contributed by atoms with Gasteiger partial charge in [-0.2, -0.15) is 0 Å². The van der Waals surface area contributed by atoms with Crippen LogP contribution >= 0.6 is 0 Å². The third-order valence-electron chi connectivity index (χ3n) is 3.52. The predicted octanol–water partition coefficient (Wildman–Crippen LogP) is 2.00. The van der Waals surface area contributed by atoms with Crippen LogP contribution in [0.15, 0.2) is 0 Å². The van der Waals surface area contributed by atoms with Crippen molar-refractivity contribution >= 4 is 5.91 Å².